The number of ether oxygens (including phenoxy) is 1. The van der Waals surface area contributed by atoms with E-state index < -0.39 is 17.8 Å². The first-order chi connectivity index (χ1) is 16.8. The van der Waals surface area contributed by atoms with E-state index >= 15 is 0 Å². The first kappa shape index (κ1) is 24.3. The van der Waals surface area contributed by atoms with Gasteiger partial charge in [-0.25, -0.2) is 8.78 Å². The van der Waals surface area contributed by atoms with E-state index in [1.807, 2.05) is 24.3 Å². The Bertz CT molecular complexity index is 1220. The summed E-state index contributed by atoms with van der Waals surface area (Å²) in [5.74, 6) is -0.813. The van der Waals surface area contributed by atoms with Crippen LogP contribution in [0.5, 0.6) is 5.75 Å². The largest absolute Gasteiger partial charge is 0.497 e. The van der Waals surface area contributed by atoms with Crippen molar-refractivity contribution in [3.63, 3.8) is 0 Å². The van der Waals surface area contributed by atoms with Gasteiger partial charge in [0, 0.05) is 12.2 Å². The summed E-state index contributed by atoms with van der Waals surface area (Å²) >= 11 is 5.64. The Morgan fingerprint density at radius 2 is 1.46 bits per heavy atom. The van der Waals surface area contributed by atoms with Crippen molar-refractivity contribution in [3.05, 3.63) is 95.6 Å². The first-order valence-electron chi connectivity index (χ1n) is 10.9. The summed E-state index contributed by atoms with van der Waals surface area (Å²) in [4.78, 5) is 29.3. The predicted molar refractivity (Wildman–Crippen MR) is 132 cm³/mol. The second-order valence-electron chi connectivity index (χ2n) is 8.08. The van der Waals surface area contributed by atoms with Gasteiger partial charge in [-0.05, 0) is 71.9 Å². The van der Waals surface area contributed by atoms with E-state index in [4.69, 9.17) is 17.0 Å². The molecule has 1 aliphatic rings. The van der Waals surface area contributed by atoms with Gasteiger partial charge in [0.1, 0.15) is 23.4 Å². The molecule has 3 aromatic rings. The highest BCUT2D eigenvalue weighted by Gasteiger charge is 2.43. The predicted octanol–water partition coefficient (Wildman–Crippen LogP) is 4.50. The molecule has 0 spiro atoms. The normalized spacial score (nSPS) is 15.5. The summed E-state index contributed by atoms with van der Waals surface area (Å²) in [5, 5.41) is 2.98. The van der Waals surface area contributed by atoms with Crippen molar-refractivity contribution >= 4 is 34.8 Å². The van der Waals surface area contributed by atoms with Gasteiger partial charge >= 0.3 is 0 Å². The van der Waals surface area contributed by atoms with Crippen LogP contribution in [0.25, 0.3) is 0 Å². The lowest BCUT2D eigenvalue weighted by molar-refractivity contribution is -0.131. The molecule has 0 radical (unpaired) electrons. The molecule has 0 bridgehead atoms. The number of carbonyl (C=O) groups is 2. The van der Waals surface area contributed by atoms with Gasteiger partial charge in [-0.15, -0.1) is 0 Å². The molecule has 1 N–H and O–H groups in total. The molecule has 9 heteroatoms. The third-order valence-corrected chi connectivity index (χ3v) is 6.13. The zero-order valence-corrected chi connectivity index (χ0v) is 19.7. The van der Waals surface area contributed by atoms with Crippen molar-refractivity contribution in [2.75, 3.05) is 12.4 Å². The van der Waals surface area contributed by atoms with Gasteiger partial charge in [-0.2, -0.15) is 0 Å². The van der Waals surface area contributed by atoms with Gasteiger partial charge in [0.05, 0.1) is 20.1 Å². The summed E-state index contributed by atoms with van der Waals surface area (Å²) in [7, 11) is 1.58. The standard InChI is InChI=1S/C26H23F2N3O3S/c1-34-22-12-4-18(5-13-22)15-30-23(14-24(32)29-21-10-8-20(28)9-11-21)25(33)31(26(30)35)16-17-2-6-19(27)7-3-17/h2-13,23H,14-16H2,1H3,(H,29,32)/t23-/m0/s1. The molecule has 0 unspecified atom stereocenters. The molecular formula is C26H23F2N3O3S. The second-order valence-corrected chi connectivity index (χ2v) is 8.45. The number of carbonyl (C=O) groups excluding carboxylic acids is 2. The third kappa shape index (κ3) is 5.81. The topological polar surface area (TPSA) is 61.9 Å². The van der Waals surface area contributed by atoms with Gasteiger partial charge in [0.2, 0.25) is 5.91 Å². The molecule has 1 heterocycles. The van der Waals surface area contributed by atoms with Crippen LogP contribution in [0.2, 0.25) is 0 Å². The van der Waals surface area contributed by atoms with Crippen LogP contribution in [0.3, 0.4) is 0 Å². The van der Waals surface area contributed by atoms with Crippen LogP contribution in [0.1, 0.15) is 17.5 Å². The molecule has 1 atom stereocenters. The molecule has 4 rings (SSSR count). The molecular weight excluding hydrogens is 472 g/mol. The summed E-state index contributed by atoms with van der Waals surface area (Å²) in [5.41, 5.74) is 2.02. The summed E-state index contributed by atoms with van der Waals surface area (Å²) < 4.78 is 31.7. The lowest BCUT2D eigenvalue weighted by atomic mass is 10.1. The maximum atomic E-state index is 13.4. The summed E-state index contributed by atoms with van der Waals surface area (Å²) in [6, 6.07) is 17.7. The third-order valence-electron chi connectivity index (χ3n) is 5.68. The molecule has 1 fully saturated rings. The molecule has 0 aliphatic carbocycles. The molecule has 3 aromatic carbocycles. The van der Waals surface area contributed by atoms with E-state index in [2.05, 4.69) is 5.32 Å². The van der Waals surface area contributed by atoms with E-state index in [0.29, 0.717) is 23.5 Å². The lowest BCUT2D eigenvalue weighted by Gasteiger charge is -2.24. The van der Waals surface area contributed by atoms with E-state index in [1.165, 1.54) is 41.3 Å². The van der Waals surface area contributed by atoms with Gasteiger partial charge in [-0.3, -0.25) is 14.5 Å². The van der Waals surface area contributed by atoms with Crippen molar-refractivity contribution in [1.82, 2.24) is 9.80 Å². The zero-order valence-electron chi connectivity index (χ0n) is 18.9. The van der Waals surface area contributed by atoms with E-state index in [0.717, 1.165) is 5.56 Å². The smallest absolute Gasteiger partial charge is 0.252 e. The van der Waals surface area contributed by atoms with Crippen LogP contribution < -0.4 is 10.1 Å². The van der Waals surface area contributed by atoms with Crippen molar-refractivity contribution < 1.29 is 23.1 Å². The maximum Gasteiger partial charge on any atom is 0.252 e. The van der Waals surface area contributed by atoms with Crippen LogP contribution >= 0.6 is 12.2 Å². The molecule has 0 saturated carbocycles. The Kier molecular flexibility index (Phi) is 7.36. The number of nitrogens with one attached hydrogen (secondary N) is 1. The fourth-order valence-corrected chi connectivity index (χ4v) is 4.18. The minimum Gasteiger partial charge on any atom is -0.497 e. The number of halogens is 2. The first-order valence-corrected chi connectivity index (χ1v) is 11.3. The van der Waals surface area contributed by atoms with E-state index in [9.17, 15) is 18.4 Å². The molecule has 1 saturated heterocycles. The van der Waals surface area contributed by atoms with Crippen LogP contribution in [0.4, 0.5) is 14.5 Å². The van der Waals surface area contributed by atoms with Gasteiger partial charge < -0.3 is 15.0 Å². The number of anilines is 1. The maximum absolute atomic E-state index is 13.4. The van der Waals surface area contributed by atoms with Crippen molar-refractivity contribution in [3.8, 4) is 5.75 Å². The Morgan fingerprint density at radius 1 is 0.914 bits per heavy atom. The average molecular weight is 496 g/mol. The van der Waals surface area contributed by atoms with E-state index in [1.54, 1.807) is 24.1 Å². The molecule has 6 nitrogen and oxygen atoms in total. The number of thiocarbonyl (C=S) groups is 1. The number of hydrogen-bond donors (Lipinski definition) is 1. The molecule has 1 aliphatic heterocycles. The van der Waals surface area contributed by atoms with Gasteiger partial charge in [-0.1, -0.05) is 24.3 Å². The Balaban J connectivity index is 1.55. The van der Waals surface area contributed by atoms with Crippen molar-refractivity contribution in [2.24, 2.45) is 0 Å². The number of benzene rings is 3. The fourth-order valence-electron chi connectivity index (χ4n) is 3.84. The number of nitrogens with zero attached hydrogens (tertiary/aromatic N) is 2. The summed E-state index contributed by atoms with van der Waals surface area (Å²) in [6.45, 7) is 0.468. The highest BCUT2D eigenvalue weighted by molar-refractivity contribution is 7.80. The van der Waals surface area contributed by atoms with Crippen LogP contribution in [0, 0.1) is 11.6 Å². The number of rotatable bonds is 8. The van der Waals surface area contributed by atoms with Crippen LogP contribution in [-0.2, 0) is 22.7 Å². The molecule has 2 amide bonds. The molecule has 35 heavy (non-hydrogen) atoms. The van der Waals surface area contributed by atoms with Gasteiger partial charge in [0.15, 0.2) is 5.11 Å². The van der Waals surface area contributed by atoms with Crippen molar-refractivity contribution in [1.29, 1.82) is 0 Å². The fraction of sp³-hybridized carbons (Fsp3) is 0.192. The SMILES string of the molecule is COc1ccc(CN2C(=S)N(Cc3ccc(F)cc3)C(=O)[C@@H]2CC(=O)Nc2ccc(F)cc2)cc1. The Labute approximate surface area is 207 Å². The monoisotopic (exact) mass is 495 g/mol. The quantitative estimate of drug-likeness (QED) is 0.467. The molecule has 0 aromatic heterocycles. The van der Waals surface area contributed by atoms with Crippen LogP contribution in [0.15, 0.2) is 72.8 Å². The summed E-state index contributed by atoms with van der Waals surface area (Å²) in [6.07, 6.45) is -0.146. The Morgan fingerprint density at radius 3 is 2.06 bits per heavy atom. The van der Waals surface area contributed by atoms with Crippen LogP contribution in [-0.4, -0.2) is 39.9 Å². The highest BCUT2D eigenvalue weighted by Crippen LogP contribution is 2.26. The second kappa shape index (κ2) is 10.6. The minimum absolute atomic E-state index is 0.146. The minimum atomic E-state index is -0.828. The zero-order chi connectivity index (χ0) is 24.9. The van der Waals surface area contributed by atoms with Gasteiger partial charge in [0.25, 0.3) is 5.91 Å². The molecule has 180 valence electrons. The number of methoxy groups -OCH3 is 1. The number of hydrogen-bond acceptors (Lipinski definition) is 4. The number of amides is 2. The highest BCUT2D eigenvalue weighted by atomic mass is 32.1. The van der Waals surface area contributed by atoms with E-state index in [-0.39, 0.29) is 29.8 Å². The van der Waals surface area contributed by atoms with Crippen molar-refractivity contribution in [2.45, 2.75) is 25.6 Å². The Hall–Kier alpha value is -3.85. The lowest BCUT2D eigenvalue weighted by Crippen LogP contribution is -2.37. The average Bonchev–Trinajstić information content (AvgIpc) is 3.06.